The van der Waals surface area contributed by atoms with Crippen molar-refractivity contribution in [2.24, 2.45) is 0 Å². The van der Waals surface area contributed by atoms with Crippen molar-refractivity contribution < 1.29 is 0 Å². The fourth-order valence-electron chi connectivity index (χ4n) is 0.134. The Labute approximate surface area is 70.2 Å². The van der Waals surface area contributed by atoms with Crippen LogP contribution in [-0.2, 0) is 0 Å². The van der Waals surface area contributed by atoms with Crippen LogP contribution in [0.4, 0.5) is 0 Å². The molecular weight excluding hydrogens is 294 g/mol. The standard InChI is InChI=1S/C4H9I.Sn.2H/c1-2-3-4-5;;;/h2-4H2,1H3;;;. The minimum atomic E-state index is 0. The van der Waals surface area contributed by atoms with Gasteiger partial charge in [0.25, 0.3) is 0 Å². The molecule has 0 atom stereocenters. The van der Waals surface area contributed by atoms with E-state index in [0.717, 1.165) is 0 Å². The molecule has 0 spiro atoms. The van der Waals surface area contributed by atoms with Crippen molar-refractivity contribution in [1.29, 1.82) is 0 Å². The molecular formula is C4H11ISn. The van der Waals surface area contributed by atoms with Gasteiger partial charge >= 0.3 is 23.9 Å². The molecule has 0 rings (SSSR count). The average Bonchev–Trinajstić information content (AvgIpc) is 1.41. The molecule has 0 aliphatic heterocycles. The number of hydrogen-bond acceptors (Lipinski definition) is 0. The number of alkyl halides is 1. The van der Waals surface area contributed by atoms with E-state index in [2.05, 4.69) is 29.5 Å². The van der Waals surface area contributed by atoms with Gasteiger partial charge in [0.2, 0.25) is 0 Å². The van der Waals surface area contributed by atoms with Crippen LogP contribution in [0, 0.1) is 0 Å². The van der Waals surface area contributed by atoms with Gasteiger partial charge in [0.1, 0.15) is 0 Å². The molecule has 0 aromatic carbocycles. The van der Waals surface area contributed by atoms with Gasteiger partial charge in [-0.3, -0.25) is 0 Å². The maximum atomic E-state index is 2.39. The molecule has 0 bridgehead atoms. The molecule has 0 amide bonds. The third-order valence-electron chi connectivity index (χ3n) is 0.487. The van der Waals surface area contributed by atoms with Crippen molar-refractivity contribution in [3.63, 3.8) is 0 Å². The summed E-state index contributed by atoms with van der Waals surface area (Å²) in [6.45, 7) is 2.21. The zero-order valence-corrected chi connectivity index (χ0v) is 10.4. The molecule has 2 heteroatoms. The first-order valence-electron chi connectivity index (χ1n) is 1.97. The molecule has 0 N–H and O–H groups in total. The van der Waals surface area contributed by atoms with Crippen LogP contribution in [0.5, 0.6) is 0 Å². The summed E-state index contributed by atoms with van der Waals surface area (Å²) in [5, 5.41) is 0. The Morgan fingerprint density at radius 3 is 2.00 bits per heavy atom. The maximum absolute atomic E-state index is 2.39. The number of unbranched alkanes of at least 4 members (excludes halogenated alkanes) is 1. The van der Waals surface area contributed by atoms with Gasteiger partial charge in [0.15, 0.2) is 0 Å². The summed E-state index contributed by atoms with van der Waals surface area (Å²) in [6.07, 6.45) is 2.71. The zero-order chi connectivity index (χ0) is 4.12. The first-order chi connectivity index (χ1) is 2.41. The monoisotopic (exact) mass is 306 g/mol. The first kappa shape index (κ1) is 10.5. The Bertz CT molecular complexity index is 15.0. The van der Waals surface area contributed by atoms with Gasteiger partial charge in [-0.15, -0.1) is 0 Å². The zero-order valence-electron chi connectivity index (χ0n) is 4.21. The molecule has 0 saturated carbocycles. The van der Waals surface area contributed by atoms with Crippen molar-refractivity contribution >= 4 is 46.5 Å². The quantitative estimate of drug-likeness (QED) is 0.410. The molecule has 0 unspecified atom stereocenters. The Hall–Kier alpha value is 1.53. The van der Waals surface area contributed by atoms with Crippen LogP contribution in [0.2, 0.25) is 0 Å². The number of hydrogen-bond donors (Lipinski definition) is 0. The van der Waals surface area contributed by atoms with Crippen LogP contribution in [-0.4, -0.2) is 28.3 Å². The van der Waals surface area contributed by atoms with Gasteiger partial charge < -0.3 is 0 Å². The van der Waals surface area contributed by atoms with E-state index >= 15 is 0 Å². The second-order valence-corrected chi connectivity index (χ2v) is 2.12. The van der Waals surface area contributed by atoms with E-state index in [9.17, 15) is 0 Å². The molecule has 0 aromatic heterocycles. The summed E-state index contributed by atoms with van der Waals surface area (Å²) in [6, 6.07) is 0. The summed E-state index contributed by atoms with van der Waals surface area (Å²) in [5.41, 5.74) is 0. The predicted molar refractivity (Wildman–Crippen MR) is 42.3 cm³/mol. The van der Waals surface area contributed by atoms with Crippen molar-refractivity contribution in [3.8, 4) is 0 Å². The average molecular weight is 305 g/mol. The van der Waals surface area contributed by atoms with Crippen molar-refractivity contribution in [3.05, 3.63) is 0 Å². The van der Waals surface area contributed by atoms with Crippen LogP contribution in [0.25, 0.3) is 0 Å². The molecule has 0 aliphatic rings. The second-order valence-electron chi connectivity index (χ2n) is 1.04. The summed E-state index contributed by atoms with van der Waals surface area (Å²) >= 11 is 2.39. The number of rotatable bonds is 2. The van der Waals surface area contributed by atoms with Gasteiger partial charge in [-0.1, -0.05) is 35.9 Å². The normalized spacial score (nSPS) is 7.00. The SMILES string of the molecule is CCCCI.[SnH2]. The third kappa shape index (κ3) is 9.11. The Morgan fingerprint density at radius 1 is 1.50 bits per heavy atom. The van der Waals surface area contributed by atoms with Crippen LogP contribution in [0.3, 0.4) is 0 Å². The van der Waals surface area contributed by atoms with E-state index in [4.69, 9.17) is 0 Å². The Kier molecular flexibility index (Phi) is 17.0. The van der Waals surface area contributed by atoms with Crippen LogP contribution in [0.1, 0.15) is 19.8 Å². The van der Waals surface area contributed by atoms with E-state index in [1.54, 1.807) is 0 Å². The van der Waals surface area contributed by atoms with E-state index < -0.39 is 0 Å². The summed E-state index contributed by atoms with van der Waals surface area (Å²) in [5.74, 6) is 0. The van der Waals surface area contributed by atoms with E-state index in [1.165, 1.54) is 17.3 Å². The van der Waals surface area contributed by atoms with Crippen molar-refractivity contribution in [2.45, 2.75) is 19.8 Å². The minimum absolute atomic E-state index is 0. The fraction of sp³-hybridized carbons (Fsp3) is 1.00. The van der Waals surface area contributed by atoms with E-state index in [-0.39, 0.29) is 23.9 Å². The van der Waals surface area contributed by atoms with Gasteiger partial charge in [-0.2, -0.15) is 0 Å². The molecule has 0 fully saturated rings. The van der Waals surface area contributed by atoms with Crippen LogP contribution >= 0.6 is 22.6 Å². The van der Waals surface area contributed by atoms with Crippen LogP contribution in [0.15, 0.2) is 0 Å². The summed E-state index contributed by atoms with van der Waals surface area (Å²) in [4.78, 5) is 0. The molecule has 6 heavy (non-hydrogen) atoms. The van der Waals surface area contributed by atoms with Crippen LogP contribution < -0.4 is 0 Å². The molecule has 0 aliphatic carbocycles. The molecule has 2 radical (unpaired) electrons. The van der Waals surface area contributed by atoms with Gasteiger partial charge in [0.05, 0.1) is 0 Å². The first-order valence-corrected chi connectivity index (χ1v) is 3.50. The van der Waals surface area contributed by atoms with Gasteiger partial charge in [-0.25, -0.2) is 0 Å². The van der Waals surface area contributed by atoms with E-state index in [0.29, 0.717) is 0 Å². The second kappa shape index (κ2) is 9.73. The Morgan fingerprint density at radius 2 is 2.00 bits per heavy atom. The van der Waals surface area contributed by atoms with Gasteiger partial charge in [-0.05, 0) is 10.8 Å². The topological polar surface area (TPSA) is 0 Å². The third-order valence-corrected chi connectivity index (χ3v) is 1.25. The van der Waals surface area contributed by atoms with Crippen molar-refractivity contribution in [2.75, 3.05) is 4.43 Å². The fourth-order valence-corrected chi connectivity index (χ4v) is 0.896. The number of halogens is 1. The molecule has 38 valence electrons. The molecule has 0 aromatic rings. The van der Waals surface area contributed by atoms with Crippen molar-refractivity contribution in [1.82, 2.24) is 0 Å². The molecule has 0 nitrogen and oxygen atoms in total. The molecule has 0 heterocycles. The molecule has 0 saturated heterocycles. The summed E-state index contributed by atoms with van der Waals surface area (Å²) < 4.78 is 1.31. The summed E-state index contributed by atoms with van der Waals surface area (Å²) in [7, 11) is 0. The Balaban J connectivity index is 0. The van der Waals surface area contributed by atoms with Gasteiger partial charge in [0, 0.05) is 0 Å². The predicted octanol–water partition coefficient (Wildman–Crippen LogP) is 1.31. The van der Waals surface area contributed by atoms with E-state index in [1.807, 2.05) is 0 Å².